The molecule has 0 aromatic carbocycles. The second-order valence-electron chi connectivity index (χ2n) is 9.76. The fourth-order valence-corrected chi connectivity index (χ4v) is 7.05. The van der Waals surface area contributed by atoms with Gasteiger partial charge in [0, 0.05) is 12.8 Å². The SMILES string of the molecule is CC(=O)OC1OCC=CC2C1CCC1C3(C)CC=C(C)CC3CCC21C. The van der Waals surface area contributed by atoms with Gasteiger partial charge in [-0.1, -0.05) is 37.6 Å². The van der Waals surface area contributed by atoms with Crippen LogP contribution in [0.1, 0.15) is 66.2 Å². The molecule has 1 heterocycles. The molecule has 0 aromatic rings. The van der Waals surface area contributed by atoms with Crippen molar-refractivity contribution in [2.24, 2.45) is 34.5 Å². The molecule has 7 atom stereocenters. The lowest BCUT2D eigenvalue weighted by molar-refractivity contribution is -0.210. The number of fused-ring (bicyclic) bond motifs is 5. The zero-order valence-corrected chi connectivity index (χ0v) is 16.8. The monoisotopic (exact) mass is 358 g/mol. The molecule has 2 fully saturated rings. The molecule has 4 aliphatic rings. The first-order valence-corrected chi connectivity index (χ1v) is 10.5. The Kier molecular flexibility index (Phi) is 4.58. The molecule has 7 unspecified atom stereocenters. The van der Waals surface area contributed by atoms with Gasteiger partial charge in [-0.25, -0.2) is 0 Å². The van der Waals surface area contributed by atoms with Crippen LogP contribution < -0.4 is 0 Å². The summed E-state index contributed by atoms with van der Waals surface area (Å²) in [5.41, 5.74) is 2.27. The third-order valence-corrected chi connectivity index (χ3v) is 8.36. The Morgan fingerprint density at radius 3 is 2.81 bits per heavy atom. The van der Waals surface area contributed by atoms with Gasteiger partial charge in [0.2, 0.25) is 6.29 Å². The number of carbonyl (C=O) groups is 1. The van der Waals surface area contributed by atoms with Gasteiger partial charge in [0.1, 0.15) is 0 Å². The van der Waals surface area contributed by atoms with Crippen molar-refractivity contribution in [2.45, 2.75) is 72.5 Å². The number of hydrogen-bond donors (Lipinski definition) is 0. The van der Waals surface area contributed by atoms with Gasteiger partial charge in [-0.3, -0.25) is 4.79 Å². The van der Waals surface area contributed by atoms with Crippen molar-refractivity contribution in [3.8, 4) is 0 Å². The Morgan fingerprint density at radius 2 is 2.04 bits per heavy atom. The van der Waals surface area contributed by atoms with Gasteiger partial charge in [0.25, 0.3) is 0 Å². The predicted octanol–water partition coefficient (Wildman–Crippen LogP) is 5.27. The Labute approximate surface area is 158 Å². The molecule has 0 saturated heterocycles. The molecule has 26 heavy (non-hydrogen) atoms. The minimum absolute atomic E-state index is 0.230. The van der Waals surface area contributed by atoms with Crippen LogP contribution in [0, 0.1) is 34.5 Å². The van der Waals surface area contributed by atoms with Crippen LogP contribution in [0.25, 0.3) is 0 Å². The summed E-state index contributed by atoms with van der Waals surface area (Å²) >= 11 is 0. The zero-order valence-electron chi connectivity index (χ0n) is 16.8. The molecule has 2 saturated carbocycles. The van der Waals surface area contributed by atoms with E-state index in [1.54, 1.807) is 5.57 Å². The first-order chi connectivity index (χ1) is 12.3. The lowest BCUT2D eigenvalue weighted by atomic mass is 9.42. The minimum Gasteiger partial charge on any atom is -0.436 e. The van der Waals surface area contributed by atoms with Gasteiger partial charge in [0.15, 0.2) is 0 Å². The van der Waals surface area contributed by atoms with E-state index in [0.717, 1.165) is 18.3 Å². The molecule has 144 valence electrons. The van der Waals surface area contributed by atoms with Crippen LogP contribution in [0.5, 0.6) is 0 Å². The summed E-state index contributed by atoms with van der Waals surface area (Å²) in [6.07, 6.45) is 14.1. The molecule has 3 nitrogen and oxygen atoms in total. The highest BCUT2D eigenvalue weighted by Gasteiger charge is 2.60. The number of rotatable bonds is 1. The average Bonchev–Trinajstić information content (AvgIpc) is 2.78. The largest absolute Gasteiger partial charge is 0.436 e. The van der Waals surface area contributed by atoms with Crippen molar-refractivity contribution in [3.63, 3.8) is 0 Å². The van der Waals surface area contributed by atoms with E-state index in [9.17, 15) is 4.79 Å². The van der Waals surface area contributed by atoms with E-state index in [-0.39, 0.29) is 17.7 Å². The van der Waals surface area contributed by atoms with E-state index < -0.39 is 0 Å². The topological polar surface area (TPSA) is 35.5 Å². The summed E-state index contributed by atoms with van der Waals surface area (Å²) in [5.74, 6) is 2.07. The van der Waals surface area contributed by atoms with Gasteiger partial charge < -0.3 is 9.47 Å². The first kappa shape index (κ1) is 18.3. The van der Waals surface area contributed by atoms with Gasteiger partial charge >= 0.3 is 5.97 Å². The van der Waals surface area contributed by atoms with Crippen molar-refractivity contribution >= 4 is 5.97 Å². The molecule has 3 aliphatic carbocycles. The van der Waals surface area contributed by atoms with Crippen molar-refractivity contribution < 1.29 is 14.3 Å². The van der Waals surface area contributed by atoms with Crippen LogP contribution in [0.3, 0.4) is 0 Å². The predicted molar refractivity (Wildman–Crippen MR) is 102 cm³/mol. The molecule has 4 rings (SSSR count). The van der Waals surface area contributed by atoms with Crippen molar-refractivity contribution in [1.29, 1.82) is 0 Å². The third-order valence-electron chi connectivity index (χ3n) is 8.36. The van der Waals surface area contributed by atoms with E-state index in [2.05, 4.69) is 39.0 Å². The summed E-state index contributed by atoms with van der Waals surface area (Å²) in [7, 11) is 0. The molecule has 3 heteroatoms. The Hall–Kier alpha value is -1.09. The maximum absolute atomic E-state index is 11.6. The van der Waals surface area contributed by atoms with Gasteiger partial charge in [-0.2, -0.15) is 0 Å². The van der Waals surface area contributed by atoms with E-state index in [4.69, 9.17) is 9.47 Å². The highest BCUT2D eigenvalue weighted by Crippen LogP contribution is 2.66. The highest BCUT2D eigenvalue weighted by molar-refractivity contribution is 5.66. The van der Waals surface area contributed by atoms with Gasteiger partial charge in [-0.15, -0.1) is 0 Å². The van der Waals surface area contributed by atoms with E-state index >= 15 is 0 Å². The summed E-state index contributed by atoms with van der Waals surface area (Å²) < 4.78 is 11.5. The first-order valence-electron chi connectivity index (χ1n) is 10.5. The number of hydrogen-bond acceptors (Lipinski definition) is 3. The fraction of sp³-hybridized carbons (Fsp3) is 0.783. The molecule has 0 radical (unpaired) electrons. The maximum Gasteiger partial charge on any atom is 0.304 e. The molecule has 0 spiro atoms. The molecule has 0 amide bonds. The molecule has 0 N–H and O–H groups in total. The fourth-order valence-electron chi connectivity index (χ4n) is 7.05. The van der Waals surface area contributed by atoms with Crippen molar-refractivity contribution in [2.75, 3.05) is 6.61 Å². The lowest BCUT2D eigenvalue weighted by Crippen LogP contribution is -2.57. The standard InChI is InChI=1S/C23H34O3/c1-15-9-11-22(3)17(14-15)10-12-23(4)19-6-5-13-25-21(26-16(2)24)18(19)7-8-20(22)23/h5-6,9,17-21H,7-8,10-14H2,1-4H3. The van der Waals surface area contributed by atoms with Crippen LogP contribution in [0.2, 0.25) is 0 Å². The zero-order chi connectivity index (χ0) is 18.5. The number of ether oxygens (including phenoxy) is 2. The Morgan fingerprint density at radius 1 is 1.23 bits per heavy atom. The number of esters is 1. The quantitative estimate of drug-likeness (QED) is 0.473. The normalized spacial score (nSPS) is 47.7. The molecule has 1 aliphatic heterocycles. The van der Waals surface area contributed by atoms with Crippen LogP contribution in [-0.2, 0) is 14.3 Å². The highest BCUT2D eigenvalue weighted by atomic mass is 16.7. The Balaban J connectivity index is 1.67. The van der Waals surface area contributed by atoms with Crippen LogP contribution >= 0.6 is 0 Å². The Bertz CT molecular complexity index is 635. The third kappa shape index (κ3) is 2.78. The van der Waals surface area contributed by atoms with E-state index in [1.807, 2.05) is 0 Å². The van der Waals surface area contributed by atoms with E-state index in [0.29, 0.717) is 23.9 Å². The number of carbonyl (C=O) groups excluding carboxylic acids is 1. The van der Waals surface area contributed by atoms with Crippen molar-refractivity contribution in [3.05, 3.63) is 23.8 Å². The second-order valence-corrected chi connectivity index (χ2v) is 9.76. The smallest absolute Gasteiger partial charge is 0.304 e. The molecule has 0 bridgehead atoms. The summed E-state index contributed by atoms with van der Waals surface area (Å²) in [6, 6.07) is 0. The van der Waals surface area contributed by atoms with Crippen LogP contribution in [0.4, 0.5) is 0 Å². The minimum atomic E-state index is -0.385. The molecular formula is C23H34O3. The summed E-state index contributed by atoms with van der Waals surface area (Å²) in [5, 5.41) is 0. The summed E-state index contributed by atoms with van der Waals surface area (Å²) in [4.78, 5) is 11.6. The van der Waals surface area contributed by atoms with Crippen LogP contribution in [-0.4, -0.2) is 18.9 Å². The summed E-state index contributed by atoms with van der Waals surface area (Å²) in [6.45, 7) is 9.42. The number of allylic oxidation sites excluding steroid dienone is 3. The van der Waals surface area contributed by atoms with Crippen LogP contribution in [0.15, 0.2) is 23.8 Å². The molecular weight excluding hydrogens is 324 g/mol. The lowest BCUT2D eigenvalue weighted by Gasteiger charge is -2.63. The van der Waals surface area contributed by atoms with E-state index in [1.165, 1.54) is 39.0 Å². The van der Waals surface area contributed by atoms with Gasteiger partial charge in [-0.05, 0) is 74.0 Å². The maximum atomic E-state index is 11.6. The average molecular weight is 359 g/mol. The van der Waals surface area contributed by atoms with Crippen molar-refractivity contribution in [1.82, 2.24) is 0 Å². The second kappa shape index (κ2) is 6.51. The van der Waals surface area contributed by atoms with Gasteiger partial charge in [0.05, 0.1) is 6.61 Å². The molecule has 0 aromatic heterocycles.